The molecule has 1 aliphatic heterocycles. The molecule has 0 bridgehead atoms. The van der Waals surface area contributed by atoms with Crippen LogP contribution in [0.2, 0.25) is 0 Å². The number of hydrogen-bond acceptors (Lipinski definition) is 2. The van der Waals surface area contributed by atoms with E-state index in [0.717, 1.165) is 38.0 Å². The Bertz CT molecular complexity index is 408. The summed E-state index contributed by atoms with van der Waals surface area (Å²) >= 11 is 0. The average Bonchev–Trinajstić information content (AvgIpc) is 2.50. The molecule has 0 spiro atoms. The van der Waals surface area contributed by atoms with Crippen LogP contribution in [0.25, 0.3) is 0 Å². The molecule has 1 fully saturated rings. The predicted molar refractivity (Wildman–Crippen MR) is 83.9 cm³/mol. The molecule has 1 saturated heterocycles. The summed E-state index contributed by atoms with van der Waals surface area (Å²) in [4.78, 5) is 12.1. The van der Waals surface area contributed by atoms with Crippen LogP contribution < -0.4 is 10.6 Å². The molecule has 0 saturated carbocycles. The van der Waals surface area contributed by atoms with E-state index < -0.39 is 0 Å². The van der Waals surface area contributed by atoms with E-state index >= 15 is 0 Å². The molecule has 0 aliphatic carbocycles. The summed E-state index contributed by atoms with van der Waals surface area (Å²) in [5, 5.41) is 6.31. The summed E-state index contributed by atoms with van der Waals surface area (Å²) < 4.78 is 0. The highest BCUT2D eigenvalue weighted by molar-refractivity contribution is 5.92. The fraction of sp³-hybridized carbons (Fsp3) is 0.588. The predicted octanol–water partition coefficient (Wildman–Crippen LogP) is 3.36. The van der Waals surface area contributed by atoms with Gasteiger partial charge >= 0.3 is 0 Å². The van der Waals surface area contributed by atoms with Gasteiger partial charge in [-0.25, -0.2) is 0 Å². The Morgan fingerprint density at radius 3 is 2.75 bits per heavy atom. The molecule has 1 aromatic carbocycles. The minimum Gasteiger partial charge on any atom is -0.326 e. The van der Waals surface area contributed by atoms with Crippen LogP contribution in [0.1, 0.15) is 44.6 Å². The number of anilines is 1. The second-order valence-corrected chi connectivity index (χ2v) is 5.69. The van der Waals surface area contributed by atoms with Gasteiger partial charge in [0.1, 0.15) is 0 Å². The van der Waals surface area contributed by atoms with Crippen molar-refractivity contribution in [2.24, 2.45) is 5.92 Å². The molecule has 1 aromatic rings. The van der Waals surface area contributed by atoms with Gasteiger partial charge in [0.25, 0.3) is 0 Å². The largest absolute Gasteiger partial charge is 0.326 e. The number of nitrogens with one attached hydrogen (secondary N) is 2. The lowest BCUT2D eigenvalue weighted by atomic mass is 9.98. The topological polar surface area (TPSA) is 41.1 Å². The Kier molecular flexibility index (Phi) is 6.06. The molecule has 3 nitrogen and oxygen atoms in total. The number of piperidine rings is 1. The van der Waals surface area contributed by atoms with Crippen molar-refractivity contribution in [3.63, 3.8) is 0 Å². The monoisotopic (exact) mass is 274 g/mol. The van der Waals surface area contributed by atoms with E-state index in [0.29, 0.717) is 0 Å². The van der Waals surface area contributed by atoms with Crippen LogP contribution in [0.3, 0.4) is 0 Å². The van der Waals surface area contributed by atoms with Crippen LogP contribution in [-0.4, -0.2) is 19.0 Å². The summed E-state index contributed by atoms with van der Waals surface area (Å²) in [5.74, 6) is 0.268. The SMILES string of the molecule is CCCCCc1ccc(NC(=O)C2CCCNC2)cc1. The van der Waals surface area contributed by atoms with Gasteiger partial charge in [0.05, 0.1) is 5.92 Å². The van der Waals surface area contributed by atoms with Crippen LogP contribution in [0.5, 0.6) is 0 Å². The number of carbonyl (C=O) groups is 1. The zero-order valence-corrected chi connectivity index (χ0v) is 12.5. The van der Waals surface area contributed by atoms with Crippen molar-refractivity contribution >= 4 is 11.6 Å². The molecule has 1 amide bonds. The van der Waals surface area contributed by atoms with Gasteiger partial charge in [-0.05, 0) is 49.9 Å². The number of carbonyl (C=O) groups excluding carboxylic acids is 1. The third kappa shape index (κ3) is 4.64. The van der Waals surface area contributed by atoms with Gasteiger partial charge < -0.3 is 10.6 Å². The summed E-state index contributed by atoms with van der Waals surface area (Å²) in [6.07, 6.45) is 7.00. The molecular weight excluding hydrogens is 248 g/mol. The minimum absolute atomic E-state index is 0.119. The first-order valence-corrected chi connectivity index (χ1v) is 7.90. The Labute approximate surface area is 122 Å². The Hall–Kier alpha value is -1.35. The Morgan fingerprint density at radius 2 is 2.10 bits per heavy atom. The summed E-state index contributed by atoms with van der Waals surface area (Å²) in [6, 6.07) is 8.31. The van der Waals surface area contributed by atoms with Crippen LogP contribution in [-0.2, 0) is 11.2 Å². The van der Waals surface area contributed by atoms with Crippen LogP contribution in [0.4, 0.5) is 5.69 Å². The Balaban J connectivity index is 1.81. The molecule has 2 N–H and O–H groups in total. The highest BCUT2D eigenvalue weighted by atomic mass is 16.1. The first-order valence-electron chi connectivity index (χ1n) is 7.90. The van der Waals surface area contributed by atoms with Gasteiger partial charge in [0, 0.05) is 12.2 Å². The molecule has 1 unspecified atom stereocenters. The zero-order valence-electron chi connectivity index (χ0n) is 12.5. The molecule has 3 heteroatoms. The number of rotatable bonds is 6. The molecule has 2 rings (SSSR count). The zero-order chi connectivity index (χ0) is 14.2. The molecular formula is C17H26N2O. The lowest BCUT2D eigenvalue weighted by Crippen LogP contribution is -2.37. The van der Waals surface area contributed by atoms with Crippen molar-refractivity contribution in [2.45, 2.75) is 45.4 Å². The molecule has 1 atom stereocenters. The average molecular weight is 274 g/mol. The van der Waals surface area contributed by atoms with Gasteiger partial charge in [0.2, 0.25) is 5.91 Å². The Morgan fingerprint density at radius 1 is 1.30 bits per heavy atom. The van der Waals surface area contributed by atoms with Crippen molar-refractivity contribution in [1.29, 1.82) is 0 Å². The van der Waals surface area contributed by atoms with E-state index in [1.54, 1.807) is 0 Å². The maximum absolute atomic E-state index is 12.1. The quantitative estimate of drug-likeness (QED) is 0.781. The minimum atomic E-state index is 0.119. The smallest absolute Gasteiger partial charge is 0.228 e. The summed E-state index contributed by atoms with van der Waals surface area (Å²) in [6.45, 7) is 4.07. The maximum atomic E-state index is 12.1. The van der Waals surface area contributed by atoms with Crippen LogP contribution >= 0.6 is 0 Å². The van der Waals surface area contributed by atoms with E-state index in [-0.39, 0.29) is 11.8 Å². The number of aryl methyl sites for hydroxylation is 1. The number of hydrogen-bond donors (Lipinski definition) is 2. The normalized spacial score (nSPS) is 18.8. The van der Waals surface area contributed by atoms with Gasteiger partial charge in [0.15, 0.2) is 0 Å². The molecule has 110 valence electrons. The number of unbranched alkanes of at least 4 members (excludes halogenated alkanes) is 2. The molecule has 1 heterocycles. The first kappa shape index (κ1) is 15.0. The second kappa shape index (κ2) is 8.05. The van der Waals surface area contributed by atoms with E-state index in [9.17, 15) is 4.79 Å². The number of benzene rings is 1. The van der Waals surface area contributed by atoms with Gasteiger partial charge in [-0.15, -0.1) is 0 Å². The van der Waals surface area contributed by atoms with Gasteiger partial charge in [-0.3, -0.25) is 4.79 Å². The van der Waals surface area contributed by atoms with Crippen LogP contribution in [0, 0.1) is 5.92 Å². The first-order chi connectivity index (χ1) is 9.79. The van der Waals surface area contributed by atoms with Gasteiger partial charge in [-0.1, -0.05) is 31.9 Å². The van der Waals surface area contributed by atoms with Crippen molar-refractivity contribution in [2.75, 3.05) is 18.4 Å². The third-order valence-electron chi connectivity index (χ3n) is 3.96. The maximum Gasteiger partial charge on any atom is 0.228 e. The standard InChI is InChI=1S/C17H26N2O/c1-2-3-4-6-14-8-10-16(11-9-14)19-17(20)15-7-5-12-18-13-15/h8-11,15,18H,2-7,12-13H2,1H3,(H,19,20). The van der Waals surface area contributed by atoms with Crippen molar-refractivity contribution in [3.05, 3.63) is 29.8 Å². The van der Waals surface area contributed by atoms with E-state index in [1.165, 1.54) is 24.8 Å². The lowest BCUT2D eigenvalue weighted by Gasteiger charge is -2.21. The van der Waals surface area contributed by atoms with Crippen molar-refractivity contribution < 1.29 is 4.79 Å². The third-order valence-corrected chi connectivity index (χ3v) is 3.96. The van der Waals surface area contributed by atoms with Crippen LogP contribution in [0.15, 0.2) is 24.3 Å². The fourth-order valence-electron chi connectivity index (χ4n) is 2.65. The highest BCUT2D eigenvalue weighted by Crippen LogP contribution is 2.16. The van der Waals surface area contributed by atoms with Crippen molar-refractivity contribution in [3.8, 4) is 0 Å². The van der Waals surface area contributed by atoms with Crippen molar-refractivity contribution in [1.82, 2.24) is 5.32 Å². The summed E-state index contributed by atoms with van der Waals surface area (Å²) in [5.41, 5.74) is 2.27. The van der Waals surface area contributed by atoms with Gasteiger partial charge in [-0.2, -0.15) is 0 Å². The van der Waals surface area contributed by atoms with E-state index in [1.807, 2.05) is 12.1 Å². The lowest BCUT2D eigenvalue weighted by molar-refractivity contribution is -0.120. The van der Waals surface area contributed by atoms with E-state index in [2.05, 4.69) is 29.7 Å². The molecule has 20 heavy (non-hydrogen) atoms. The second-order valence-electron chi connectivity index (χ2n) is 5.69. The summed E-state index contributed by atoms with van der Waals surface area (Å²) in [7, 11) is 0. The fourth-order valence-corrected chi connectivity index (χ4v) is 2.65. The molecule has 0 radical (unpaired) electrons. The highest BCUT2D eigenvalue weighted by Gasteiger charge is 2.20. The number of amides is 1. The van der Waals surface area contributed by atoms with E-state index in [4.69, 9.17) is 0 Å². The molecule has 0 aromatic heterocycles. The molecule has 1 aliphatic rings.